The van der Waals surface area contributed by atoms with Crippen LogP contribution in [0.25, 0.3) is 0 Å². The average Bonchev–Trinajstić information content (AvgIpc) is 2.36. The number of hydrogen-bond acceptors (Lipinski definition) is 14. The SMILES string of the molecule is CC(O[PH](=O)[O-])O[PH](=O)OO.CC(O[PH](=O)[O-])O[PH](=O)OO.[Cu+2]. The molecule has 0 aromatic carbocycles. The van der Waals surface area contributed by atoms with Crippen LogP contribution in [0.3, 0.4) is 0 Å². The molecule has 1 radical (unpaired) electrons. The normalized spacial score (nSPS) is 18.3. The molecule has 0 aliphatic rings. The second kappa shape index (κ2) is 17.8. The molecular weight excluding hydrogens is 459 g/mol. The van der Waals surface area contributed by atoms with Gasteiger partial charge >= 0.3 is 33.6 Å². The molecule has 0 aliphatic heterocycles. The van der Waals surface area contributed by atoms with Crippen molar-refractivity contribution in [2.45, 2.75) is 26.4 Å². The number of rotatable bonds is 10. The molecule has 6 unspecified atom stereocenters. The first-order valence-electron chi connectivity index (χ1n) is 4.91. The average molecular weight is 474 g/mol. The molecular formula is C4H14CuO14P4. The topological polar surface area (TPSA) is 210 Å². The summed E-state index contributed by atoms with van der Waals surface area (Å²) in [7, 11) is -12.9. The molecule has 0 saturated heterocycles. The van der Waals surface area contributed by atoms with Crippen LogP contribution in [0.2, 0.25) is 0 Å². The zero-order chi connectivity index (χ0) is 17.7. The Morgan fingerprint density at radius 2 is 1.00 bits per heavy atom. The minimum absolute atomic E-state index is 0. The van der Waals surface area contributed by atoms with Gasteiger partial charge < -0.3 is 28.0 Å². The quantitative estimate of drug-likeness (QED) is 0.140. The summed E-state index contributed by atoms with van der Waals surface area (Å²) >= 11 is 0. The summed E-state index contributed by atoms with van der Waals surface area (Å²) in [6.07, 6.45) is -2.42. The first-order valence-corrected chi connectivity index (χ1v) is 9.81. The van der Waals surface area contributed by atoms with Gasteiger partial charge in [-0.2, -0.15) is 9.35 Å². The second-order valence-electron chi connectivity index (χ2n) is 2.79. The summed E-state index contributed by atoms with van der Waals surface area (Å²) < 4.78 is 63.1. The van der Waals surface area contributed by atoms with Gasteiger partial charge in [0.05, 0.1) is 0 Å². The molecule has 0 amide bonds. The Morgan fingerprint density at radius 3 is 1.17 bits per heavy atom. The molecule has 0 spiro atoms. The summed E-state index contributed by atoms with van der Waals surface area (Å²) in [6.45, 7) is 2.39. The Bertz CT molecular complexity index is 355. The maximum Gasteiger partial charge on any atom is 2.00 e. The van der Waals surface area contributed by atoms with Gasteiger partial charge in [0.1, 0.15) is 16.5 Å². The van der Waals surface area contributed by atoms with Crippen molar-refractivity contribution in [2.24, 2.45) is 0 Å². The van der Waals surface area contributed by atoms with Gasteiger partial charge in [0, 0.05) is 0 Å². The van der Waals surface area contributed by atoms with Crippen molar-refractivity contribution < 1.29 is 83.1 Å². The smallest absolute Gasteiger partial charge is 0.781 e. The van der Waals surface area contributed by atoms with Gasteiger partial charge in [-0.1, -0.05) is 0 Å². The summed E-state index contributed by atoms with van der Waals surface area (Å²) in [5.74, 6) is 0. The van der Waals surface area contributed by atoms with Crippen molar-refractivity contribution in [3.8, 4) is 0 Å². The van der Waals surface area contributed by atoms with Gasteiger partial charge in [-0.05, 0) is 13.8 Å². The molecule has 6 atom stereocenters. The minimum Gasteiger partial charge on any atom is -0.781 e. The van der Waals surface area contributed by atoms with Gasteiger partial charge in [0.2, 0.25) is 0 Å². The van der Waals surface area contributed by atoms with E-state index in [1.54, 1.807) is 0 Å². The zero-order valence-corrected chi connectivity index (χ0v) is 16.2. The fraction of sp³-hybridized carbons (Fsp3) is 1.00. The van der Waals surface area contributed by atoms with Crippen molar-refractivity contribution in [1.29, 1.82) is 0 Å². The van der Waals surface area contributed by atoms with Crippen LogP contribution < -0.4 is 9.79 Å². The van der Waals surface area contributed by atoms with E-state index in [-0.39, 0.29) is 17.1 Å². The van der Waals surface area contributed by atoms with E-state index in [4.69, 9.17) is 10.5 Å². The monoisotopic (exact) mass is 473 g/mol. The Hall–Kier alpha value is 1.04. The van der Waals surface area contributed by atoms with Crippen LogP contribution in [-0.2, 0) is 62.8 Å². The van der Waals surface area contributed by atoms with Crippen LogP contribution in [0, 0.1) is 0 Å². The standard InChI is InChI=1S/2C2H8O7P2.Cu/c2*1-2(7-10(4)5)8-11(6)9-3;/h2*2-3,10-11H,1H3,(H,4,5);/q;;+2/p-2. The summed E-state index contributed by atoms with van der Waals surface area (Å²) in [5, 5.41) is 15.4. The van der Waals surface area contributed by atoms with Crippen LogP contribution in [0.4, 0.5) is 0 Å². The summed E-state index contributed by atoms with van der Waals surface area (Å²) in [6, 6.07) is 0. The zero-order valence-electron chi connectivity index (χ0n) is 11.2. The maximum atomic E-state index is 10.2. The Kier molecular flexibility index (Phi) is 22.4. The summed E-state index contributed by atoms with van der Waals surface area (Å²) in [4.78, 5) is 19.7. The predicted octanol–water partition coefficient (Wildman–Crippen LogP) is -0.0127. The van der Waals surface area contributed by atoms with Crippen LogP contribution in [-0.4, -0.2) is 23.1 Å². The minimum atomic E-state index is -3.37. The van der Waals surface area contributed by atoms with Crippen LogP contribution in [0.15, 0.2) is 0 Å². The summed E-state index contributed by atoms with van der Waals surface area (Å²) in [5.41, 5.74) is 0. The Morgan fingerprint density at radius 1 is 0.739 bits per heavy atom. The molecule has 2 N–H and O–H groups in total. The molecule has 145 valence electrons. The second-order valence-corrected chi connectivity index (χ2v) is 6.10. The molecule has 0 aliphatic carbocycles. The van der Waals surface area contributed by atoms with Gasteiger partial charge in [0.15, 0.2) is 12.6 Å². The van der Waals surface area contributed by atoms with E-state index in [9.17, 15) is 28.0 Å². The van der Waals surface area contributed by atoms with Crippen molar-refractivity contribution in [2.75, 3.05) is 0 Å². The van der Waals surface area contributed by atoms with Crippen molar-refractivity contribution in [1.82, 2.24) is 0 Å². The van der Waals surface area contributed by atoms with E-state index in [2.05, 4.69) is 27.4 Å². The van der Waals surface area contributed by atoms with Crippen LogP contribution in [0.5, 0.6) is 0 Å². The van der Waals surface area contributed by atoms with Gasteiger partial charge in [-0.25, -0.2) is 10.5 Å². The molecule has 14 nitrogen and oxygen atoms in total. The Labute approximate surface area is 143 Å². The van der Waals surface area contributed by atoms with Crippen molar-refractivity contribution in [3.63, 3.8) is 0 Å². The van der Waals surface area contributed by atoms with Gasteiger partial charge in [-0.15, -0.1) is 0 Å². The van der Waals surface area contributed by atoms with Gasteiger partial charge in [0.25, 0.3) is 0 Å². The van der Waals surface area contributed by atoms with E-state index < -0.39 is 45.6 Å². The molecule has 0 bridgehead atoms. The van der Waals surface area contributed by atoms with Crippen LogP contribution >= 0.6 is 33.0 Å². The van der Waals surface area contributed by atoms with E-state index in [1.165, 1.54) is 13.8 Å². The fourth-order valence-electron chi connectivity index (χ4n) is 0.633. The number of hydrogen-bond donors (Lipinski definition) is 2. The first-order chi connectivity index (χ1) is 10.1. The molecule has 0 rings (SSSR count). The molecule has 23 heavy (non-hydrogen) atoms. The molecule has 0 saturated carbocycles. The molecule has 0 heterocycles. The third-order valence-electron chi connectivity index (χ3n) is 1.20. The van der Waals surface area contributed by atoms with Crippen LogP contribution in [0.1, 0.15) is 13.8 Å². The largest absolute Gasteiger partial charge is 2.00 e. The van der Waals surface area contributed by atoms with Crippen molar-refractivity contribution in [3.05, 3.63) is 0 Å². The van der Waals surface area contributed by atoms with E-state index in [0.717, 1.165) is 0 Å². The molecule has 19 heteroatoms. The van der Waals surface area contributed by atoms with Crippen molar-refractivity contribution >= 4 is 33.0 Å². The first kappa shape index (κ1) is 28.8. The Balaban J connectivity index is -0.000000333. The predicted molar refractivity (Wildman–Crippen MR) is 66.7 cm³/mol. The van der Waals surface area contributed by atoms with Gasteiger partial charge in [-0.3, -0.25) is 18.2 Å². The maximum absolute atomic E-state index is 10.2. The third kappa shape index (κ3) is 23.0. The molecule has 0 aromatic heterocycles. The molecule has 0 fully saturated rings. The van der Waals surface area contributed by atoms with E-state index in [0.29, 0.717) is 0 Å². The third-order valence-corrected chi connectivity index (χ3v) is 3.59. The van der Waals surface area contributed by atoms with E-state index >= 15 is 0 Å². The van der Waals surface area contributed by atoms with E-state index in [1.807, 2.05) is 0 Å². The fourth-order valence-corrected chi connectivity index (χ4v) is 2.19. The molecule has 0 aromatic rings.